The minimum absolute atomic E-state index is 0.0189. The predicted molar refractivity (Wildman–Crippen MR) is 81.9 cm³/mol. The molecule has 7 heteroatoms. The van der Waals surface area contributed by atoms with Gasteiger partial charge in [0.1, 0.15) is 6.61 Å². The van der Waals surface area contributed by atoms with Crippen LogP contribution in [0.3, 0.4) is 0 Å². The topological polar surface area (TPSA) is 113 Å². The van der Waals surface area contributed by atoms with Crippen molar-refractivity contribution in [1.29, 1.82) is 0 Å². The summed E-state index contributed by atoms with van der Waals surface area (Å²) in [6.45, 7) is 1.56. The average Bonchev–Trinajstić information content (AvgIpc) is 2.52. The zero-order chi connectivity index (χ0) is 17.0. The summed E-state index contributed by atoms with van der Waals surface area (Å²) in [5, 5.41) is 11.1. The van der Waals surface area contributed by atoms with Crippen LogP contribution in [0.2, 0.25) is 0 Å². The van der Waals surface area contributed by atoms with E-state index in [1.807, 2.05) is 13.0 Å². The van der Waals surface area contributed by atoms with Crippen molar-refractivity contribution in [2.75, 3.05) is 0 Å². The minimum atomic E-state index is -0.767. The van der Waals surface area contributed by atoms with Crippen LogP contribution in [0.25, 0.3) is 0 Å². The molecule has 0 aromatic heterocycles. The number of nitro groups is 1. The molecule has 23 heavy (non-hydrogen) atoms. The van der Waals surface area contributed by atoms with Crippen molar-refractivity contribution in [1.82, 2.24) is 0 Å². The molecule has 0 unspecified atom stereocenters. The van der Waals surface area contributed by atoms with Crippen LogP contribution in [-0.2, 0) is 11.3 Å². The lowest BCUT2D eigenvalue weighted by Gasteiger charge is -2.07. The van der Waals surface area contributed by atoms with E-state index >= 15 is 0 Å². The second-order valence-electron chi connectivity index (χ2n) is 4.91. The van der Waals surface area contributed by atoms with E-state index in [0.717, 1.165) is 11.6 Å². The Bertz CT molecular complexity index is 786. The number of hydrogen-bond acceptors (Lipinski definition) is 5. The maximum absolute atomic E-state index is 12.0. The predicted octanol–water partition coefficient (Wildman–Crippen LogP) is 2.36. The van der Waals surface area contributed by atoms with E-state index in [-0.39, 0.29) is 23.4 Å². The summed E-state index contributed by atoms with van der Waals surface area (Å²) in [6, 6.07) is 10.6. The van der Waals surface area contributed by atoms with E-state index in [1.165, 1.54) is 12.1 Å². The number of ether oxygens (including phenoxy) is 1. The van der Waals surface area contributed by atoms with E-state index in [1.54, 1.807) is 18.2 Å². The summed E-state index contributed by atoms with van der Waals surface area (Å²) in [6.07, 6.45) is 0. The van der Waals surface area contributed by atoms with Crippen molar-refractivity contribution in [3.8, 4) is 0 Å². The fraction of sp³-hybridized carbons (Fsp3) is 0.125. The van der Waals surface area contributed by atoms with E-state index < -0.39 is 16.8 Å². The summed E-state index contributed by atoms with van der Waals surface area (Å²) in [5.41, 5.74) is 6.24. The summed E-state index contributed by atoms with van der Waals surface area (Å²) >= 11 is 0. The molecule has 0 aliphatic heterocycles. The highest BCUT2D eigenvalue weighted by molar-refractivity contribution is 5.93. The third-order valence-electron chi connectivity index (χ3n) is 3.18. The molecule has 0 atom stereocenters. The fourth-order valence-electron chi connectivity index (χ4n) is 2.01. The van der Waals surface area contributed by atoms with Crippen molar-refractivity contribution >= 4 is 17.6 Å². The van der Waals surface area contributed by atoms with Gasteiger partial charge in [0, 0.05) is 11.6 Å². The van der Waals surface area contributed by atoms with Crippen molar-refractivity contribution in [2.45, 2.75) is 13.5 Å². The monoisotopic (exact) mass is 314 g/mol. The molecule has 0 saturated heterocycles. The van der Waals surface area contributed by atoms with Gasteiger partial charge in [-0.2, -0.15) is 0 Å². The van der Waals surface area contributed by atoms with Gasteiger partial charge < -0.3 is 10.5 Å². The van der Waals surface area contributed by atoms with Crippen LogP contribution < -0.4 is 5.73 Å². The van der Waals surface area contributed by atoms with Crippen molar-refractivity contribution < 1.29 is 19.2 Å². The quantitative estimate of drug-likeness (QED) is 0.517. The standard InChI is InChI=1S/C16H14N2O5/c1-10-3-2-4-12(7-10)16(20)23-9-13-6-5-11(15(17)19)8-14(13)18(21)22/h2-8H,9H2,1H3,(H2,17,19). The largest absolute Gasteiger partial charge is 0.457 e. The zero-order valence-corrected chi connectivity index (χ0v) is 12.3. The highest BCUT2D eigenvalue weighted by Crippen LogP contribution is 2.21. The molecule has 0 radical (unpaired) electrons. The lowest BCUT2D eigenvalue weighted by Crippen LogP contribution is -2.12. The highest BCUT2D eigenvalue weighted by Gasteiger charge is 2.18. The fourth-order valence-corrected chi connectivity index (χ4v) is 2.01. The number of nitrogens with zero attached hydrogens (tertiary/aromatic N) is 1. The SMILES string of the molecule is Cc1cccc(C(=O)OCc2ccc(C(N)=O)cc2[N+](=O)[O-])c1. The van der Waals surface area contributed by atoms with Crippen LogP contribution in [0.4, 0.5) is 5.69 Å². The molecule has 0 fully saturated rings. The molecule has 0 aliphatic rings. The number of carbonyl (C=O) groups is 2. The van der Waals surface area contributed by atoms with Crippen LogP contribution in [-0.4, -0.2) is 16.8 Å². The molecule has 2 aromatic rings. The number of primary amides is 1. The first-order valence-corrected chi connectivity index (χ1v) is 6.69. The summed E-state index contributed by atoms with van der Waals surface area (Å²) in [7, 11) is 0. The summed E-state index contributed by atoms with van der Waals surface area (Å²) in [4.78, 5) is 33.5. The van der Waals surface area contributed by atoms with Gasteiger partial charge >= 0.3 is 5.97 Å². The number of esters is 1. The highest BCUT2D eigenvalue weighted by atomic mass is 16.6. The molecule has 0 bridgehead atoms. The Kier molecular flexibility index (Phi) is 4.70. The van der Waals surface area contributed by atoms with Gasteiger partial charge in [0.05, 0.1) is 16.1 Å². The number of aryl methyl sites for hydroxylation is 1. The van der Waals surface area contributed by atoms with Gasteiger partial charge in [-0.05, 0) is 31.2 Å². The number of benzene rings is 2. The van der Waals surface area contributed by atoms with Gasteiger partial charge in [-0.15, -0.1) is 0 Å². The average molecular weight is 314 g/mol. The molecule has 1 amide bonds. The van der Waals surface area contributed by atoms with Gasteiger partial charge in [-0.3, -0.25) is 14.9 Å². The van der Waals surface area contributed by atoms with Crippen LogP contribution in [0.5, 0.6) is 0 Å². The number of carbonyl (C=O) groups excluding carboxylic acids is 2. The molecule has 2 rings (SSSR count). The molecule has 2 aromatic carbocycles. The molecule has 0 aliphatic carbocycles. The number of rotatable bonds is 5. The van der Waals surface area contributed by atoms with Crippen LogP contribution in [0, 0.1) is 17.0 Å². The lowest BCUT2D eigenvalue weighted by atomic mass is 10.1. The van der Waals surface area contributed by atoms with E-state index in [4.69, 9.17) is 10.5 Å². The number of nitro benzene ring substituents is 1. The molecule has 2 N–H and O–H groups in total. The third kappa shape index (κ3) is 3.91. The molecular formula is C16H14N2O5. The Morgan fingerprint density at radius 1 is 1.17 bits per heavy atom. The van der Waals surface area contributed by atoms with E-state index in [0.29, 0.717) is 5.56 Å². The minimum Gasteiger partial charge on any atom is -0.457 e. The summed E-state index contributed by atoms with van der Waals surface area (Å²) in [5.74, 6) is -1.35. The Balaban J connectivity index is 2.18. The number of hydrogen-bond donors (Lipinski definition) is 1. The maximum Gasteiger partial charge on any atom is 0.338 e. The normalized spacial score (nSPS) is 10.1. The van der Waals surface area contributed by atoms with Gasteiger partial charge in [0.2, 0.25) is 5.91 Å². The van der Waals surface area contributed by atoms with Crippen LogP contribution in [0.1, 0.15) is 31.8 Å². The molecule has 0 heterocycles. The maximum atomic E-state index is 12.0. The van der Waals surface area contributed by atoms with Crippen molar-refractivity contribution in [2.24, 2.45) is 5.73 Å². The van der Waals surface area contributed by atoms with Gasteiger partial charge in [0.15, 0.2) is 0 Å². The lowest BCUT2D eigenvalue weighted by molar-refractivity contribution is -0.385. The van der Waals surface area contributed by atoms with Crippen LogP contribution >= 0.6 is 0 Å². The number of nitrogens with two attached hydrogens (primary N) is 1. The van der Waals surface area contributed by atoms with Crippen LogP contribution in [0.15, 0.2) is 42.5 Å². The Labute approximate surface area is 131 Å². The van der Waals surface area contributed by atoms with E-state index in [2.05, 4.69) is 0 Å². The smallest absolute Gasteiger partial charge is 0.338 e. The second kappa shape index (κ2) is 6.69. The number of amides is 1. The Hall–Kier alpha value is -3.22. The Morgan fingerprint density at radius 3 is 2.52 bits per heavy atom. The van der Waals surface area contributed by atoms with Gasteiger partial charge in [-0.1, -0.05) is 17.7 Å². The van der Waals surface area contributed by atoms with Gasteiger partial charge in [-0.25, -0.2) is 4.79 Å². The van der Waals surface area contributed by atoms with Crippen molar-refractivity contribution in [3.05, 3.63) is 74.8 Å². The molecule has 7 nitrogen and oxygen atoms in total. The Morgan fingerprint density at radius 2 is 1.91 bits per heavy atom. The van der Waals surface area contributed by atoms with Gasteiger partial charge in [0.25, 0.3) is 5.69 Å². The second-order valence-corrected chi connectivity index (χ2v) is 4.91. The molecule has 0 spiro atoms. The first-order valence-electron chi connectivity index (χ1n) is 6.69. The van der Waals surface area contributed by atoms with E-state index in [9.17, 15) is 19.7 Å². The molecule has 0 saturated carbocycles. The molecule has 118 valence electrons. The first kappa shape index (κ1) is 16.2. The first-order chi connectivity index (χ1) is 10.9. The van der Waals surface area contributed by atoms with Crippen molar-refractivity contribution in [3.63, 3.8) is 0 Å². The summed E-state index contributed by atoms with van der Waals surface area (Å²) < 4.78 is 5.10. The zero-order valence-electron chi connectivity index (χ0n) is 12.3. The third-order valence-corrected chi connectivity index (χ3v) is 3.18. The molecular weight excluding hydrogens is 300 g/mol.